The maximum absolute atomic E-state index is 13.2. The van der Waals surface area contributed by atoms with Gasteiger partial charge < -0.3 is 14.6 Å². The van der Waals surface area contributed by atoms with Gasteiger partial charge in [0.05, 0.1) is 33.7 Å². The van der Waals surface area contributed by atoms with Gasteiger partial charge in [-0.2, -0.15) is 16.8 Å². The number of hydrogen-bond acceptors (Lipinski definition) is 9. The minimum absolute atomic E-state index is 0.00879. The maximum atomic E-state index is 13.2. The van der Waals surface area contributed by atoms with Crippen molar-refractivity contribution >= 4 is 88.0 Å². The molecule has 0 bridgehead atoms. The third kappa shape index (κ3) is 14.9. The van der Waals surface area contributed by atoms with E-state index in [4.69, 9.17) is 22.9 Å². The molecule has 0 spiro atoms. The van der Waals surface area contributed by atoms with Crippen LogP contribution in [0.5, 0.6) is 17.2 Å². The molecule has 0 aliphatic rings. The largest absolute Gasteiger partial charge is 0.507 e. The Morgan fingerprint density at radius 2 is 0.821 bits per heavy atom. The van der Waals surface area contributed by atoms with E-state index in [0.717, 1.165) is 29.4 Å². The van der Waals surface area contributed by atoms with Crippen molar-refractivity contribution in [3.05, 3.63) is 141 Å². The van der Waals surface area contributed by atoms with Crippen LogP contribution in [0.15, 0.2) is 94.7 Å². The van der Waals surface area contributed by atoms with Gasteiger partial charge in [-0.15, -0.1) is 0 Å². The topological polar surface area (TPSA) is 125 Å². The van der Waals surface area contributed by atoms with E-state index in [1.165, 1.54) is 60.7 Å². The molecule has 0 heterocycles. The minimum Gasteiger partial charge on any atom is -0.507 e. The first kappa shape index (κ1) is 47.7. The van der Waals surface area contributed by atoms with E-state index in [2.05, 4.69) is 0 Å². The highest BCUT2D eigenvalue weighted by atomic mass is 127. The summed E-state index contributed by atoms with van der Waals surface area (Å²) >= 11 is 5.97. The summed E-state index contributed by atoms with van der Waals surface area (Å²) in [4.78, 5) is 0.0176. The Labute approximate surface area is 366 Å². The van der Waals surface area contributed by atoms with Crippen LogP contribution in [0.25, 0.3) is 0 Å². The van der Waals surface area contributed by atoms with Gasteiger partial charge in [-0.1, -0.05) is 35.4 Å². The Morgan fingerprint density at radius 1 is 0.500 bits per heavy atom. The molecule has 0 amide bonds. The summed E-state index contributed by atoms with van der Waals surface area (Å²) in [5, 5.41) is 9.16. The van der Waals surface area contributed by atoms with Crippen LogP contribution in [-0.4, -0.2) is 48.4 Å². The molecule has 5 aromatic rings. The van der Waals surface area contributed by atoms with Gasteiger partial charge >= 0.3 is 0 Å². The molecule has 0 fully saturated rings. The molecule has 302 valence electrons. The van der Waals surface area contributed by atoms with E-state index < -0.39 is 33.5 Å². The highest BCUT2D eigenvalue weighted by molar-refractivity contribution is 14.1. The van der Waals surface area contributed by atoms with Crippen molar-refractivity contribution in [1.82, 2.24) is 0 Å². The number of phenols is 1. The Balaban J connectivity index is 0.000000243. The summed E-state index contributed by atoms with van der Waals surface area (Å²) in [7, 11) is -7.88. The Kier molecular flexibility index (Phi) is 18.6. The fraction of sp³-hybridized carbons (Fsp3) is 0.231. The Morgan fingerprint density at radius 3 is 1.14 bits per heavy atom. The van der Waals surface area contributed by atoms with Gasteiger partial charge in [-0.3, -0.25) is 8.37 Å². The van der Waals surface area contributed by atoms with E-state index in [-0.39, 0.29) is 33.0 Å². The van der Waals surface area contributed by atoms with E-state index >= 15 is 0 Å². The molecule has 0 saturated carbocycles. The zero-order chi connectivity index (χ0) is 41.8. The SMILES string of the molecule is Cc1cc(F)cc(I)c1O.Cc1cc(F)cc(I)c1OCCOc1c(C)cc(F)cc1I.Cc1ccc(S(=O)(=O)OCCOS(=O)(=O)c2ccc(C)cc2)cc1. The summed E-state index contributed by atoms with van der Waals surface area (Å²) in [6.45, 7) is 8.79. The second-order valence-electron chi connectivity index (χ2n) is 12.0. The molecule has 5 rings (SSSR count). The zero-order valence-electron chi connectivity index (χ0n) is 30.7. The standard InChI is InChI=1S/C16H14F2I2O2.C16H18O6S2.C7H6FIO/c1-9-5-11(17)7-13(19)15(9)21-3-4-22-16-10(2)6-12(18)8-14(16)20;1-13-3-7-15(8-4-13)23(17,18)21-11-12-22-24(19,20)16-9-5-14(2)6-10-16;1-4-2-5(8)3-6(9)7(4)10/h5-8H,3-4H2,1-2H3;3-10H,11-12H2,1-2H3;2-3,10H,1H3. The quantitative estimate of drug-likeness (QED) is 0.0739. The van der Waals surface area contributed by atoms with Crippen molar-refractivity contribution < 1.29 is 53.0 Å². The summed E-state index contributed by atoms with van der Waals surface area (Å²) < 4.78 is 110. The van der Waals surface area contributed by atoms with Crippen LogP contribution in [0, 0.1) is 62.8 Å². The third-order valence-corrected chi connectivity index (χ3v) is 12.4. The molecule has 0 aliphatic heterocycles. The van der Waals surface area contributed by atoms with Crippen molar-refractivity contribution in [2.45, 2.75) is 44.4 Å². The lowest BCUT2D eigenvalue weighted by Gasteiger charge is -2.14. The number of phenolic OH excluding ortho intramolecular Hbond substituents is 1. The molecule has 1 N–H and O–H groups in total. The molecular formula is C39H38F3I3O9S2. The number of ether oxygens (including phenoxy) is 2. The first-order valence-electron chi connectivity index (χ1n) is 16.4. The van der Waals surface area contributed by atoms with Crippen LogP contribution in [0.3, 0.4) is 0 Å². The van der Waals surface area contributed by atoms with Gasteiger partial charge in [0.2, 0.25) is 0 Å². The number of benzene rings is 5. The van der Waals surface area contributed by atoms with Gasteiger partial charge in [0.1, 0.15) is 47.9 Å². The molecule has 0 saturated heterocycles. The van der Waals surface area contributed by atoms with Crippen molar-refractivity contribution in [2.24, 2.45) is 0 Å². The van der Waals surface area contributed by atoms with Crippen LogP contribution in [-0.2, 0) is 28.6 Å². The number of halogens is 6. The van der Waals surface area contributed by atoms with Crippen molar-refractivity contribution in [3.63, 3.8) is 0 Å². The smallest absolute Gasteiger partial charge is 0.297 e. The van der Waals surface area contributed by atoms with E-state index in [1.807, 2.05) is 81.6 Å². The lowest BCUT2D eigenvalue weighted by molar-refractivity contribution is 0.213. The molecule has 0 aromatic heterocycles. The van der Waals surface area contributed by atoms with Crippen LogP contribution in [0.1, 0.15) is 27.8 Å². The molecule has 0 aliphatic carbocycles. The average Bonchev–Trinajstić information content (AvgIpc) is 3.10. The summed E-state index contributed by atoms with van der Waals surface area (Å²) in [6, 6.07) is 20.6. The normalized spacial score (nSPS) is 11.2. The zero-order valence-corrected chi connectivity index (χ0v) is 38.8. The van der Waals surface area contributed by atoms with Gasteiger partial charge in [-0.05, 0) is 180 Å². The number of aromatic hydroxyl groups is 1. The highest BCUT2D eigenvalue weighted by Gasteiger charge is 2.18. The molecular weight excluding hydrogens is 1110 g/mol. The molecule has 0 unspecified atom stereocenters. The van der Waals surface area contributed by atoms with Crippen LogP contribution in [0.4, 0.5) is 13.2 Å². The molecule has 17 heteroatoms. The monoisotopic (exact) mass is 1150 g/mol. The predicted octanol–water partition coefficient (Wildman–Crippen LogP) is 10.1. The van der Waals surface area contributed by atoms with Crippen LogP contribution < -0.4 is 9.47 Å². The van der Waals surface area contributed by atoms with Crippen molar-refractivity contribution in [3.8, 4) is 17.2 Å². The van der Waals surface area contributed by atoms with Crippen molar-refractivity contribution in [1.29, 1.82) is 0 Å². The lowest BCUT2D eigenvalue weighted by atomic mass is 10.2. The summed E-state index contributed by atoms with van der Waals surface area (Å²) in [5.74, 6) is 0.637. The fourth-order valence-corrected chi connectivity index (χ4v) is 8.83. The number of aryl methyl sites for hydroxylation is 5. The predicted molar refractivity (Wildman–Crippen MR) is 233 cm³/mol. The Bertz CT molecular complexity index is 2120. The Hall–Kier alpha value is -2.70. The number of hydrogen-bond donors (Lipinski definition) is 1. The van der Waals surface area contributed by atoms with Gasteiger partial charge in [0, 0.05) is 0 Å². The van der Waals surface area contributed by atoms with Gasteiger partial charge in [-0.25, -0.2) is 13.2 Å². The van der Waals surface area contributed by atoms with E-state index in [0.29, 0.717) is 33.8 Å². The van der Waals surface area contributed by atoms with Crippen LogP contribution in [0.2, 0.25) is 0 Å². The number of rotatable bonds is 12. The minimum atomic E-state index is -3.94. The second kappa shape index (κ2) is 21.9. The first-order valence-corrected chi connectivity index (χ1v) is 22.5. The summed E-state index contributed by atoms with van der Waals surface area (Å²) in [6.07, 6.45) is 0. The molecule has 9 nitrogen and oxygen atoms in total. The molecule has 5 aromatic carbocycles. The fourth-order valence-electron chi connectivity index (χ4n) is 4.56. The van der Waals surface area contributed by atoms with Gasteiger partial charge in [0.15, 0.2) is 0 Å². The molecule has 0 atom stereocenters. The van der Waals surface area contributed by atoms with E-state index in [9.17, 15) is 30.0 Å². The first-order chi connectivity index (χ1) is 26.2. The second-order valence-corrected chi connectivity index (χ2v) is 18.7. The van der Waals surface area contributed by atoms with E-state index in [1.54, 1.807) is 45.0 Å². The van der Waals surface area contributed by atoms with Crippen LogP contribution >= 0.6 is 67.8 Å². The lowest BCUT2D eigenvalue weighted by Crippen LogP contribution is -2.15. The average molecular weight is 1150 g/mol. The van der Waals surface area contributed by atoms with Gasteiger partial charge in [0.25, 0.3) is 20.2 Å². The van der Waals surface area contributed by atoms with Crippen molar-refractivity contribution in [2.75, 3.05) is 26.4 Å². The molecule has 0 radical (unpaired) electrons. The maximum Gasteiger partial charge on any atom is 0.297 e. The molecule has 56 heavy (non-hydrogen) atoms. The summed E-state index contributed by atoms with van der Waals surface area (Å²) in [5.41, 5.74) is 3.90. The third-order valence-electron chi connectivity index (χ3n) is 7.36. The highest BCUT2D eigenvalue weighted by Crippen LogP contribution is 2.28.